The SMILES string of the molecule is CCOC(=O)CCC(=O)N(Cc1ccc2ccc(C#N)cc2c1)c1ccc(OC2CCN(C(=O)OC(C)(C)C)CC2)cc1. The minimum Gasteiger partial charge on any atom is -0.490 e. The zero-order chi connectivity index (χ0) is 31.0. The smallest absolute Gasteiger partial charge is 0.410 e. The number of likely N-dealkylation sites (tertiary alicyclic amines) is 1. The molecule has 0 bridgehead atoms. The van der Waals surface area contributed by atoms with Gasteiger partial charge in [0, 0.05) is 38.0 Å². The van der Waals surface area contributed by atoms with Crippen LogP contribution in [0.2, 0.25) is 0 Å². The van der Waals surface area contributed by atoms with Gasteiger partial charge in [0.25, 0.3) is 0 Å². The molecule has 4 rings (SSSR count). The lowest BCUT2D eigenvalue weighted by Crippen LogP contribution is -2.44. The Kier molecular flexibility index (Phi) is 10.3. The number of nitrogens with zero attached hydrogens (tertiary/aromatic N) is 3. The molecule has 2 amide bonds. The van der Waals surface area contributed by atoms with Crippen molar-refractivity contribution >= 4 is 34.4 Å². The van der Waals surface area contributed by atoms with Gasteiger partial charge in [0.15, 0.2) is 0 Å². The molecule has 1 fully saturated rings. The molecular weight excluding hydrogens is 546 g/mol. The largest absolute Gasteiger partial charge is 0.490 e. The van der Waals surface area contributed by atoms with Crippen LogP contribution in [0.15, 0.2) is 60.7 Å². The Bertz CT molecular complexity index is 1480. The molecule has 226 valence electrons. The van der Waals surface area contributed by atoms with Gasteiger partial charge in [-0.25, -0.2) is 4.79 Å². The fourth-order valence-electron chi connectivity index (χ4n) is 4.93. The van der Waals surface area contributed by atoms with Crippen molar-refractivity contribution in [2.75, 3.05) is 24.6 Å². The maximum Gasteiger partial charge on any atom is 0.410 e. The number of rotatable bonds is 9. The van der Waals surface area contributed by atoms with E-state index in [0.29, 0.717) is 42.9 Å². The summed E-state index contributed by atoms with van der Waals surface area (Å²) in [5.41, 5.74) is 1.60. The molecule has 3 aromatic rings. The van der Waals surface area contributed by atoms with E-state index in [1.165, 1.54) is 0 Å². The van der Waals surface area contributed by atoms with Gasteiger partial charge in [-0.2, -0.15) is 5.26 Å². The van der Waals surface area contributed by atoms with E-state index in [1.54, 1.807) is 22.8 Å². The molecule has 0 N–H and O–H groups in total. The number of fused-ring (bicyclic) bond motifs is 1. The highest BCUT2D eigenvalue weighted by atomic mass is 16.6. The number of carbonyl (C=O) groups excluding carboxylic acids is 3. The van der Waals surface area contributed by atoms with Crippen LogP contribution in [0, 0.1) is 11.3 Å². The molecule has 0 spiro atoms. The summed E-state index contributed by atoms with van der Waals surface area (Å²) in [4.78, 5) is 41.1. The third-order valence-corrected chi connectivity index (χ3v) is 7.07. The van der Waals surface area contributed by atoms with E-state index >= 15 is 0 Å². The molecule has 0 unspecified atom stereocenters. The van der Waals surface area contributed by atoms with Crippen LogP contribution < -0.4 is 9.64 Å². The molecule has 1 heterocycles. The van der Waals surface area contributed by atoms with E-state index in [-0.39, 0.29) is 44.1 Å². The van der Waals surface area contributed by atoms with Gasteiger partial charge >= 0.3 is 12.1 Å². The second-order valence-corrected chi connectivity index (χ2v) is 11.6. The summed E-state index contributed by atoms with van der Waals surface area (Å²) in [6, 6.07) is 20.9. The van der Waals surface area contributed by atoms with Crippen LogP contribution in [-0.4, -0.2) is 54.3 Å². The van der Waals surface area contributed by atoms with Gasteiger partial charge in [0.05, 0.1) is 31.2 Å². The number of esters is 1. The van der Waals surface area contributed by atoms with Gasteiger partial charge in [-0.3, -0.25) is 9.59 Å². The van der Waals surface area contributed by atoms with Crippen molar-refractivity contribution in [3.8, 4) is 11.8 Å². The third kappa shape index (κ3) is 8.95. The first-order chi connectivity index (χ1) is 20.5. The molecule has 0 saturated carbocycles. The number of anilines is 1. The van der Waals surface area contributed by atoms with E-state index in [9.17, 15) is 19.6 Å². The lowest BCUT2D eigenvalue weighted by Gasteiger charge is -2.33. The number of amides is 2. The van der Waals surface area contributed by atoms with Crippen LogP contribution in [-0.2, 0) is 25.6 Å². The fraction of sp³-hybridized carbons (Fsp3) is 0.412. The van der Waals surface area contributed by atoms with Crippen molar-refractivity contribution in [3.63, 3.8) is 0 Å². The highest BCUT2D eigenvalue weighted by molar-refractivity contribution is 5.95. The molecule has 1 aliphatic heterocycles. The summed E-state index contributed by atoms with van der Waals surface area (Å²) in [5, 5.41) is 11.2. The predicted octanol–water partition coefficient (Wildman–Crippen LogP) is 6.37. The van der Waals surface area contributed by atoms with Gasteiger partial charge < -0.3 is 24.0 Å². The van der Waals surface area contributed by atoms with Crippen molar-refractivity contribution in [1.82, 2.24) is 4.90 Å². The van der Waals surface area contributed by atoms with Gasteiger partial charge in [-0.05, 0) is 86.5 Å². The standard InChI is InChI=1S/C34H39N3O6/c1-5-41-32(39)15-14-31(38)37(23-25-7-9-26-8-6-24(22-35)20-27(26)21-25)28-10-12-29(13-11-28)42-30-16-18-36(19-17-30)33(40)43-34(2,3)4/h6-13,20-21,30H,5,14-19,23H2,1-4H3. The maximum absolute atomic E-state index is 13.4. The Morgan fingerprint density at radius 3 is 2.30 bits per heavy atom. The second kappa shape index (κ2) is 14.1. The van der Waals surface area contributed by atoms with E-state index in [4.69, 9.17) is 14.2 Å². The van der Waals surface area contributed by atoms with Gasteiger partial charge in [0.2, 0.25) is 5.91 Å². The summed E-state index contributed by atoms with van der Waals surface area (Å²) in [7, 11) is 0. The summed E-state index contributed by atoms with van der Waals surface area (Å²) >= 11 is 0. The number of benzene rings is 3. The summed E-state index contributed by atoms with van der Waals surface area (Å²) in [6.45, 7) is 8.96. The molecular formula is C34H39N3O6. The number of nitriles is 1. The van der Waals surface area contributed by atoms with Crippen LogP contribution in [0.4, 0.5) is 10.5 Å². The van der Waals surface area contributed by atoms with Gasteiger partial charge in [-0.15, -0.1) is 0 Å². The number of hydrogen-bond donors (Lipinski definition) is 0. The Labute approximate surface area is 252 Å². The summed E-state index contributed by atoms with van der Waals surface area (Å²) in [5.74, 6) is 0.0576. The van der Waals surface area contributed by atoms with Crippen LogP contribution in [0.1, 0.15) is 64.5 Å². The van der Waals surface area contributed by atoms with Crippen LogP contribution in [0.25, 0.3) is 10.8 Å². The monoisotopic (exact) mass is 585 g/mol. The first-order valence-corrected chi connectivity index (χ1v) is 14.7. The zero-order valence-electron chi connectivity index (χ0n) is 25.3. The first kappa shape index (κ1) is 31.4. The molecule has 43 heavy (non-hydrogen) atoms. The minimum absolute atomic E-state index is 0.00435. The summed E-state index contributed by atoms with van der Waals surface area (Å²) in [6.07, 6.45) is 1.04. The van der Waals surface area contributed by atoms with E-state index in [2.05, 4.69) is 6.07 Å². The number of hydrogen-bond acceptors (Lipinski definition) is 7. The molecule has 0 atom stereocenters. The number of carbonyl (C=O) groups is 3. The average Bonchev–Trinajstić information content (AvgIpc) is 2.98. The molecule has 0 radical (unpaired) electrons. The van der Waals surface area contributed by atoms with E-state index < -0.39 is 11.6 Å². The fourth-order valence-corrected chi connectivity index (χ4v) is 4.93. The number of piperidine rings is 1. The summed E-state index contributed by atoms with van der Waals surface area (Å²) < 4.78 is 16.7. The normalized spacial score (nSPS) is 13.7. The van der Waals surface area contributed by atoms with Crippen molar-refractivity contribution in [1.29, 1.82) is 5.26 Å². The second-order valence-electron chi connectivity index (χ2n) is 11.6. The van der Waals surface area contributed by atoms with Crippen LogP contribution in [0.3, 0.4) is 0 Å². The molecule has 9 nitrogen and oxygen atoms in total. The maximum atomic E-state index is 13.4. The molecule has 1 saturated heterocycles. The van der Waals surface area contributed by atoms with Crippen molar-refractivity contribution < 1.29 is 28.6 Å². The van der Waals surface area contributed by atoms with Crippen molar-refractivity contribution in [2.45, 2.75) is 71.6 Å². The van der Waals surface area contributed by atoms with E-state index in [0.717, 1.165) is 16.3 Å². The Morgan fingerprint density at radius 2 is 1.65 bits per heavy atom. The van der Waals surface area contributed by atoms with Crippen LogP contribution >= 0.6 is 0 Å². The third-order valence-electron chi connectivity index (χ3n) is 7.07. The van der Waals surface area contributed by atoms with Gasteiger partial charge in [-0.1, -0.05) is 18.2 Å². The lowest BCUT2D eigenvalue weighted by molar-refractivity contribution is -0.144. The minimum atomic E-state index is -0.532. The molecule has 0 aliphatic carbocycles. The topological polar surface area (TPSA) is 109 Å². The molecule has 3 aromatic carbocycles. The first-order valence-electron chi connectivity index (χ1n) is 14.7. The highest BCUT2D eigenvalue weighted by Crippen LogP contribution is 2.27. The average molecular weight is 586 g/mol. The van der Waals surface area contributed by atoms with E-state index in [1.807, 2.05) is 75.4 Å². The molecule has 1 aliphatic rings. The highest BCUT2D eigenvalue weighted by Gasteiger charge is 2.28. The Hall–Kier alpha value is -4.58. The lowest BCUT2D eigenvalue weighted by atomic mass is 10.0. The predicted molar refractivity (Wildman–Crippen MR) is 164 cm³/mol. The quantitative estimate of drug-likeness (QED) is 0.269. The molecule has 9 heteroatoms. The molecule has 0 aromatic heterocycles. The van der Waals surface area contributed by atoms with Crippen molar-refractivity contribution in [2.24, 2.45) is 0 Å². The Balaban J connectivity index is 1.45. The van der Waals surface area contributed by atoms with Crippen LogP contribution in [0.5, 0.6) is 5.75 Å². The van der Waals surface area contributed by atoms with Gasteiger partial charge in [0.1, 0.15) is 17.5 Å². The number of ether oxygens (including phenoxy) is 3. The Morgan fingerprint density at radius 1 is 0.953 bits per heavy atom. The zero-order valence-corrected chi connectivity index (χ0v) is 25.3. The van der Waals surface area contributed by atoms with Crippen molar-refractivity contribution in [3.05, 3.63) is 71.8 Å².